The Bertz CT molecular complexity index is 1610. The molecule has 0 bridgehead atoms. The van der Waals surface area contributed by atoms with Gasteiger partial charge in [-0.15, -0.1) is 0 Å². The Morgan fingerprint density at radius 1 is 0.941 bits per heavy atom. The highest BCUT2D eigenvalue weighted by atomic mass is 16.6. The summed E-state index contributed by atoms with van der Waals surface area (Å²) < 4.78 is 17.0. The summed E-state index contributed by atoms with van der Waals surface area (Å²) in [4.78, 5) is 58.9. The molecule has 4 amide bonds. The molecule has 1 N–H and O–H groups in total. The lowest BCUT2D eigenvalue weighted by molar-refractivity contribution is -0.118. The highest BCUT2D eigenvalue weighted by molar-refractivity contribution is 6.00. The van der Waals surface area contributed by atoms with Gasteiger partial charge in [0.15, 0.2) is 0 Å². The summed E-state index contributed by atoms with van der Waals surface area (Å²) in [5.41, 5.74) is 1.86. The molecule has 3 aromatic carbocycles. The van der Waals surface area contributed by atoms with Crippen LogP contribution >= 0.6 is 0 Å². The van der Waals surface area contributed by atoms with Gasteiger partial charge in [0.25, 0.3) is 5.91 Å². The van der Waals surface area contributed by atoms with Crippen LogP contribution in [0.25, 0.3) is 0 Å². The fraction of sp³-hybridized carbons (Fsp3) is 0.450. The SMILES string of the molecule is CCOc1ccc(C(=O)N(C(C)C)[C@@H]2CCCN(C(=O)OC(C)(C)C)C2)cc1N(CCNC(=O)OCc1ccccc1)C(=O)Cc1ccccc1. The molecule has 1 aliphatic heterocycles. The molecule has 0 unspecified atom stereocenters. The molecule has 0 saturated carbocycles. The summed E-state index contributed by atoms with van der Waals surface area (Å²) in [6.45, 7) is 12.8. The molecule has 11 heteroatoms. The maximum atomic E-state index is 14.4. The van der Waals surface area contributed by atoms with Crippen LogP contribution in [-0.4, -0.2) is 84.3 Å². The van der Waals surface area contributed by atoms with E-state index in [0.717, 1.165) is 24.0 Å². The topological polar surface area (TPSA) is 118 Å². The van der Waals surface area contributed by atoms with Crippen molar-refractivity contribution in [2.45, 2.75) is 85.1 Å². The van der Waals surface area contributed by atoms with Crippen LogP contribution in [0.5, 0.6) is 5.75 Å². The van der Waals surface area contributed by atoms with E-state index in [9.17, 15) is 19.2 Å². The number of rotatable bonds is 13. The van der Waals surface area contributed by atoms with Gasteiger partial charge >= 0.3 is 12.2 Å². The van der Waals surface area contributed by atoms with Crippen LogP contribution in [0.1, 0.15) is 75.9 Å². The van der Waals surface area contributed by atoms with Crippen LogP contribution in [-0.2, 0) is 27.3 Å². The lowest BCUT2D eigenvalue weighted by atomic mass is 10.0. The Labute approximate surface area is 301 Å². The first kappa shape index (κ1) is 38.7. The van der Waals surface area contributed by atoms with Gasteiger partial charge in [0.05, 0.1) is 24.8 Å². The second-order valence-electron chi connectivity index (χ2n) is 13.8. The van der Waals surface area contributed by atoms with Crippen LogP contribution in [0.15, 0.2) is 78.9 Å². The zero-order valence-electron chi connectivity index (χ0n) is 30.7. The number of hydrogen-bond donors (Lipinski definition) is 1. The number of ether oxygens (including phenoxy) is 3. The van der Waals surface area contributed by atoms with E-state index in [1.807, 2.05) is 107 Å². The lowest BCUT2D eigenvalue weighted by Crippen LogP contribution is -2.54. The number of anilines is 1. The van der Waals surface area contributed by atoms with Crippen molar-refractivity contribution in [3.63, 3.8) is 0 Å². The summed E-state index contributed by atoms with van der Waals surface area (Å²) in [6, 6.07) is 23.5. The van der Waals surface area contributed by atoms with E-state index < -0.39 is 17.8 Å². The molecule has 1 aliphatic rings. The minimum atomic E-state index is -0.627. The third-order valence-electron chi connectivity index (χ3n) is 8.35. The van der Waals surface area contributed by atoms with Crippen molar-refractivity contribution in [1.82, 2.24) is 15.1 Å². The van der Waals surface area contributed by atoms with Crippen molar-refractivity contribution in [1.29, 1.82) is 0 Å². The molecular formula is C40H52N4O7. The van der Waals surface area contributed by atoms with Crippen LogP contribution in [0.3, 0.4) is 0 Å². The average molecular weight is 701 g/mol. The van der Waals surface area contributed by atoms with E-state index in [4.69, 9.17) is 14.2 Å². The minimum Gasteiger partial charge on any atom is -0.492 e. The first-order chi connectivity index (χ1) is 24.4. The number of piperidine rings is 1. The van der Waals surface area contributed by atoms with Gasteiger partial charge < -0.3 is 34.2 Å². The summed E-state index contributed by atoms with van der Waals surface area (Å²) in [5.74, 6) is -0.0115. The van der Waals surface area contributed by atoms with Crippen LogP contribution < -0.4 is 15.0 Å². The molecule has 51 heavy (non-hydrogen) atoms. The molecule has 0 radical (unpaired) electrons. The van der Waals surface area contributed by atoms with Gasteiger partial charge in [-0.1, -0.05) is 60.7 Å². The third-order valence-corrected chi connectivity index (χ3v) is 8.35. The Morgan fingerprint density at radius 2 is 1.61 bits per heavy atom. The molecule has 4 rings (SSSR count). The van der Waals surface area contributed by atoms with E-state index in [0.29, 0.717) is 36.7 Å². The molecule has 0 aliphatic carbocycles. The summed E-state index contributed by atoms with van der Waals surface area (Å²) in [7, 11) is 0. The van der Waals surface area contributed by atoms with Crippen molar-refractivity contribution in [3.05, 3.63) is 95.6 Å². The lowest BCUT2D eigenvalue weighted by Gasteiger charge is -2.41. The van der Waals surface area contributed by atoms with E-state index in [2.05, 4.69) is 5.32 Å². The molecule has 0 spiro atoms. The normalized spacial score (nSPS) is 14.4. The smallest absolute Gasteiger partial charge is 0.410 e. The summed E-state index contributed by atoms with van der Waals surface area (Å²) >= 11 is 0. The number of alkyl carbamates (subject to hydrolysis) is 1. The molecular weight excluding hydrogens is 648 g/mol. The molecule has 1 atom stereocenters. The van der Waals surface area contributed by atoms with Crippen LogP contribution in [0, 0.1) is 0 Å². The zero-order valence-corrected chi connectivity index (χ0v) is 30.7. The second kappa shape index (κ2) is 18.3. The Kier molecular flexibility index (Phi) is 13.9. The molecule has 1 saturated heterocycles. The molecule has 3 aromatic rings. The Balaban J connectivity index is 1.59. The highest BCUT2D eigenvalue weighted by Gasteiger charge is 2.35. The number of hydrogen-bond acceptors (Lipinski definition) is 7. The third kappa shape index (κ3) is 11.5. The Hall–Kier alpha value is -5.06. The Morgan fingerprint density at radius 3 is 2.24 bits per heavy atom. The predicted molar refractivity (Wildman–Crippen MR) is 197 cm³/mol. The number of carbonyl (C=O) groups is 4. The van der Waals surface area contributed by atoms with Gasteiger partial charge in [-0.25, -0.2) is 9.59 Å². The largest absolute Gasteiger partial charge is 0.492 e. The standard InChI is InChI=1S/C40H52N4O7/c1-7-49-35-21-20-32(37(46)44(29(2)3)33-19-14-23-42(27-33)39(48)51-40(4,5)6)26-34(35)43(36(45)25-30-15-10-8-11-16-30)24-22-41-38(47)50-28-31-17-12-9-13-18-31/h8-13,15-18,20-21,26,29,33H,7,14,19,22-25,27-28H2,1-6H3,(H,41,47)/t33-/m1/s1. The monoisotopic (exact) mass is 700 g/mol. The number of benzene rings is 3. The minimum absolute atomic E-state index is 0.0958. The molecule has 0 aromatic heterocycles. The van der Waals surface area contributed by atoms with Gasteiger partial charge in [0.1, 0.15) is 18.0 Å². The first-order valence-corrected chi connectivity index (χ1v) is 17.7. The molecule has 1 fully saturated rings. The van der Waals surface area contributed by atoms with Crippen LogP contribution in [0.2, 0.25) is 0 Å². The number of amides is 4. The van der Waals surface area contributed by atoms with Gasteiger partial charge in [-0.05, 0) is 83.7 Å². The van der Waals surface area contributed by atoms with Crippen molar-refractivity contribution in [2.24, 2.45) is 0 Å². The van der Waals surface area contributed by atoms with E-state index in [1.165, 1.54) is 0 Å². The van der Waals surface area contributed by atoms with Crippen molar-refractivity contribution in [3.8, 4) is 5.75 Å². The maximum absolute atomic E-state index is 14.4. The van der Waals surface area contributed by atoms with Crippen molar-refractivity contribution < 1.29 is 33.4 Å². The predicted octanol–water partition coefficient (Wildman–Crippen LogP) is 6.84. The number of nitrogens with zero attached hydrogens (tertiary/aromatic N) is 3. The van der Waals surface area contributed by atoms with Crippen LogP contribution in [0.4, 0.5) is 15.3 Å². The fourth-order valence-corrected chi connectivity index (χ4v) is 6.07. The highest BCUT2D eigenvalue weighted by Crippen LogP contribution is 2.32. The number of carbonyl (C=O) groups excluding carboxylic acids is 4. The molecule has 274 valence electrons. The average Bonchev–Trinajstić information content (AvgIpc) is 3.10. The zero-order chi connectivity index (χ0) is 37.0. The molecule has 11 nitrogen and oxygen atoms in total. The van der Waals surface area contributed by atoms with Gasteiger partial charge in [-0.3, -0.25) is 9.59 Å². The second-order valence-corrected chi connectivity index (χ2v) is 13.8. The van der Waals surface area contributed by atoms with Crippen molar-refractivity contribution >= 4 is 29.7 Å². The van der Waals surface area contributed by atoms with E-state index in [-0.39, 0.29) is 50.0 Å². The summed E-state index contributed by atoms with van der Waals surface area (Å²) in [6.07, 6.45) is 0.572. The van der Waals surface area contributed by atoms with Crippen molar-refractivity contribution in [2.75, 3.05) is 37.7 Å². The number of likely N-dealkylation sites (tertiary alicyclic amines) is 1. The number of nitrogens with one attached hydrogen (secondary N) is 1. The molecule has 1 heterocycles. The van der Waals surface area contributed by atoms with Gasteiger partial charge in [0.2, 0.25) is 5.91 Å². The van der Waals surface area contributed by atoms with Gasteiger partial charge in [-0.2, -0.15) is 0 Å². The maximum Gasteiger partial charge on any atom is 0.410 e. The van der Waals surface area contributed by atoms with E-state index >= 15 is 0 Å². The first-order valence-electron chi connectivity index (χ1n) is 17.7. The van der Waals surface area contributed by atoms with Gasteiger partial charge in [0, 0.05) is 37.8 Å². The van der Waals surface area contributed by atoms with E-state index in [1.54, 1.807) is 28.0 Å². The quantitative estimate of drug-likeness (QED) is 0.208. The summed E-state index contributed by atoms with van der Waals surface area (Å²) in [5, 5.41) is 2.75. The fourth-order valence-electron chi connectivity index (χ4n) is 6.07.